The molecule has 1 fully saturated rings. The summed E-state index contributed by atoms with van der Waals surface area (Å²) in [7, 11) is 0. The molecule has 3 aromatic rings. The summed E-state index contributed by atoms with van der Waals surface area (Å²) in [5.74, 6) is -0.491. The van der Waals surface area contributed by atoms with Crippen LogP contribution in [0.4, 0.5) is 0 Å². The molecule has 4 rings (SSSR count). The SMILES string of the molecule is O=C1CN(C(=O)Cn2nc(-c3ccc4ccccc4c3)ccc2=O)CCN1. The summed E-state index contributed by atoms with van der Waals surface area (Å²) in [4.78, 5) is 37.5. The Bertz CT molecular complexity index is 1090. The van der Waals surface area contributed by atoms with E-state index < -0.39 is 0 Å². The third-order valence-electron chi connectivity index (χ3n) is 4.59. The molecular weight excluding hydrogens is 344 g/mol. The average molecular weight is 362 g/mol. The van der Waals surface area contributed by atoms with E-state index in [9.17, 15) is 14.4 Å². The Morgan fingerprint density at radius 2 is 1.85 bits per heavy atom. The van der Waals surface area contributed by atoms with Crippen LogP contribution in [0.3, 0.4) is 0 Å². The van der Waals surface area contributed by atoms with E-state index in [0.29, 0.717) is 18.8 Å². The maximum Gasteiger partial charge on any atom is 0.267 e. The first-order chi connectivity index (χ1) is 13.1. The van der Waals surface area contributed by atoms with E-state index >= 15 is 0 Å². The second-order valence-corrected chi connectivity index (χ2v) is 6.44. The maximum absolute atomic E-state index is 12.4. The molecule has 1 N–H and O–H groups in total. The van der Waals surface area contributed by atoms with E-state index in [0.717, 1.165) is 21.0 Å². The highest BCUT2D eigenvalue weighted by atomic mass is 16.2. The Labute approximate surface area is 155 Å². The van der Waals surface area contributed by atoms with Crippen molar-refractivity contribution >= 4 is 22.6 Å². The number of fused-ring (bicyclic) bond motifs is 1. The Kier molecular flexibility index (Phi) is 4.42. The van der Waals surface area contributed by atoms with Crippen LogP contribution in [-0.4, -0.2) is 46.1 Å². The van der Waals surface area contributed by atoms with Gasteiger partial charge >= 0.3 is 0 Å². The standard InChI is InChI=1S/C20H18N4O3/c25-18-12-23(10-9-21-18)20(27)13-24-19(26)8-7-17(22-24)16-6-5-14-3-1-2-4-15(14)11-16/h1-8,11H,9-10,12-13H2,(H,21,25). The van der Waals surface area contributed by atoms with E-state index in [1.54, 1.807) is 6.07 Å². The molecule has 27 heavy (non-hydrogen) atoms. The van der Waals surface area contributed by atoms with Gasteiger partial charge in [-0.25, -0.2) is 4.68 Å². The summed E-state index contributed by atoms with van der Waals surface area (Å²) >= 11 is 0. The van der Waals surface area contributed by atoms with Crippen LogP contribution in [0.15, 0.2) is 59.4 Å². The summed E-state index contributed by atoms with van der Waals surface area (Å²) in [6.07, 6.45) is 0. The van der Waals surface area contributed by atoms with Crippen molar-refractivity contribution < 1.29 is 9.59 Å². The molecule has 0 saturated carbocycles. The lowest BCUT2D eigenvalue weighted by Crippen LogP contribution is -2.51. The lowest BCUT2D eigenvalue weighted by molar-refractivity contribution is -0.138. The van der Waals surface area contributed by atoms with E-state index in [1.165, 1.54) is 11.0 Å². The summed E-state index contributed by atoms with van der Waals surface area (Å²) in [5, 5.41) is 9.22. The van der Waals surface area contributed by atoms with Gasteiger partial charge in [0.2, 0.25) is 11.8 Å². The van der Waals surface area contributed by atoms with Crippen LogP contribution in [0, 0.1) is 0 Å². The van der Waals surface area contributed by atoms with E-state index in [-0.39, 0.29) is 30.5 Å². The largest absolute Gasteiger partial charge is 0.353 e. The molecule has 1 aliphatic heterocycles. The normalized spacial score (nSPS) is 14.2. The number of aromatic nitrogens is 2. The van der Waals surface area contributed by atoms with E-state index in [1.807, 2.05) is 42.5 Å². The van der Waals surface area contributed by atoms with Gasteiger partial charge in [-0.15, -0.1) is 0 Å². The van der Waals surface area contributed by atoms with Crippen molar-refractivity contribution in [1.29, 1.82) is 0 Å². The lowest BCUT2D eigenvalue weighted by atomic mass is 10.1. The van der Waals surface area contributed by atoms with Crippen molar-refractivity contribution in [2.45, 2.75) is 6.54 Å². The zero-order valence-corrected chi connectivity index (χ0v) is 14.6. The van der Waals surface area contributed by atoms with E-state index in [4.69, 9.17) is 0 Å². The second-order valence-electron chi connectivity index (χ2n) is 6.44. The molecule has 136 valence electrons. The molecule has 2 amide bonds. The average Bonchev–Trinajstić information content (AvgIpc) is 2.69. The minimum absolute atomic E-state index is 0.0119. The predicted molar refractivity (Wildman–Crippen MR) is 101 cm³/mol. The molecule has 0 spiro atoms. The molecule has 2 aromatic carbocycles. The fraction of sp³-hybridized carbons (Fsp3) is 0.200. The summed E-state index contributed by atoms with van der Waals surface area (Å²) in [6, 6.07) is 17.0. The number of nitrogens with one attached hydrogen (secondary N) is 1. The van der Waals surface area contributed by atoms with Crippen LogP contribution in [-0.2, 0) is 16.1 Å². The fourth-order valence-corrected chi connectivity index (χ4v) is 3.14. The van der Waals surface area contributed by atoms with E-state index in [2.05, 4.69) is 10.4 Å². The monoisotopic (exact) mass is 362 g/mol. The number of nitrogens with zero attached hydrogens (tertiary/aromatic N) is 3. The Balaban J connectivity index is 1.61. The van der Waals surface area contributed by atoms with Crippen molar-refractivity contribution in [3.05, 3.63) is 65.0 Å². The molecule has 1 saturated heterocycles. The molecular formula is C20H18N4O3. The Hall–Kier alpha value is -3.48. The van der Waals surface area contributed by atoms with Gasteiger partial charge in [0, 0.05) is 24.7 Å². The number of carbonyl (C=O) groups excluding carboxylic acids is 2. The molecule has 1 aromatic heterocycles. The minimum Gasteiger partial charge on any atom is -0.353 e. The number of benzene rings is 2. The zero-order chi connectivity index (χ0) is 18.8. The number of piperazine rings is 1. The Morgan fingerprint density at radius 1 is 1.04 bits per heavy atom. The summed E-state index contributed by atoms with van der Waals surface area (Å²) in [6.45, 7) is 0.680. The number of hydrogen-bond acceptors (Lipinski definition) is 4. The van der Waals surface area contributed by atoms with Crippen LogP contribution >= 0.6 is 0 Å². The third-order valence-corrected chi connectivity index (χ3v) is 4.59. The smallest absolute Gasteiger partial charge is 0.267 e. The highest BCUT2D eigenvalue weighted by molar-refractivity contribution is 5.87. The third kappa shape index (κ3) is 3.57. The molecule has 1 aliphatic rings. The minimum atomic E-state index is -0.352. The fourth-order valence-electron chi connectivity index (χ4n) is 3.14. The molecule has 0 aliphatic carbocycles. The first kappa shape index (κ1) is 17.0. The first-order valence-corrected chi connectivity index (χ1v) is 8.72. The molecule has 0 unspecified atom stereocenters. The Morgan fingerprint density at radius 3 is 2.67 bits per heavy atom. The molecule has 2 heterocycles. The first-order valence-electron chi connectivity index (χ1n) is 8.72. The molecule has 0 bridgehead atoms. The van der Waals surface area contributed by atoms with Crippen molar-refractivity contribution in [2.75, 3.05) is 19.6 Å². The van der Waals surface area contributed by atoms with Gasteiger partial charge in [-0.05, 0) is 22.9 Å². The lowest BCUT2D eigenvalue weighted by Gasteiger charge is -2.26. The topological polar surface area (TPSA) is 84.3 Å². The highest BCUT2D eigenvalue weighted by Crippen LogP contribution is 2.22. The van der Waals surface area contributed by atoms with Crippen LogP contribution in [0.1, 0.15) is 0 Å². The number of carbonyl (C=O) groups is 2. The van der Waals surface area contributed by atoms with Crippen LogP contribution in [0.5, 0.6) is 0 Å². The van der Waals surface area contributed by atoms with Gasteiger partial charge in [-0.3, -0.25) is 14.4 Å². The quantitative estimate of drug-likeness (QED) is 0.754. The number of rotatable bonds is 3. The van der Waals surface area contributed by atoms with Gasteiger partial charge in [0.25, 0.3) is 5.56 Å². The van der Waals surface area contributed by atoms with Crippen molar-refractivity contribution in [3.8, 4) is 11.3 Å². The predicted octanol–water partition coefficient (Wildman–Crippen LogP) is 1.02. The molecule has 0 atom stereocenters. The maximum atomic E-state index is 12.4. The molecule has 7 nitrogen and oxygen atoms in total. The van der Waals surface area contributed by atoms with Crippen molar-refractivity contribution in [1.82, 2.24) is 20.0 Å². The van der Waals surface area contributed by atoms with Gasteiger partial charge in [0.1, 0.15) is 6.54 Å². The van der Waals surface area contributed by atoms with Crippen LogP contribution < -0.4 is 10.9 Å². The van der Waals surface area contributed by atoms with Crippen molar-refractivity contribution in [3.63, 3.8) is 0 Å². The molecule has 0 radical (unpaired) electrons. The van der Waals surface area contributed by atoms with Gasteiger partial charge in [-0.1, -0.05) is 36.4 Å². The summed E-state index contributed by atoms with van der Waals surface area (Å²) < 4.78 is 1.15. The zero-order valence-electron chi connectivity index (χ0n) is 14.6. The van der Waals surface area contributed by atoms with Gasteiger partial charge < -0.3 is 10.2 Å². The van der Waals surface area contributed by atoms with Crippen LogP contribution in [0.2, 0.25) is 0 Å². The van der Waals surface area contributed by atoms with Gasteiger partial charge in [0.15, 0.2) is 0 Å². The highest BCUT2D eigenvalue weighted by Gasteiger charge is 2.21. The molecule has 7 heteroatoms. The second kappa shape index (κ2) is 7.03. The van der Waals surface area contributed by atoms with Crippen molar-refractivity contribution in [2.24, 2.45) is 0 Å². The van der Waals surface area contributed by atoms with Gasteiger partial charge in [-0.2, -0.15) is 5.10 Å². The number of hydrogen-bond donors (Lipinski definition) is 1. The van der Waals surface area contributed by atoms with Gasteiger partial charge in [0.05, 0.1) is 12.2 Å². The number of amides is 2. The summed E-state index contributed by atoms with van der Waals surface area (Å²) in [5.41, 5.74) is 1.13. The van der Waals surface area contributed by atoms with Crippen LogP contribution in [0.25, 0.3) is 22.0 Å².